The molecule has 108 valence electrons. The summed E-state index contributed by atoms with van der Waals surface area (Å²) < 4.78 is 11.3. The van der Waals surface area contributed by atoms with Crippen molar-refractivity contribution in [3.8, 4) is 11.5 Å². The maximum atomic E-state index is 12.0. The van der Waals surface area contributed by atoms with E-state index in [1.165, 1.54) is 0 Å². The van der Waals surface area contributed by atoms with E-state index in [1.807, 2.05) is 32.0 Å². The minimum Gasteiger partial charge on any atom is -0.497 e. The van der Waals surface area contributed by atoms with Gasteiger partial charge in [0, 0.05) is 24.0 Å². The zero-order valence-electron chi connectivity index (χ0n) is 12.2. The van der Waals surface area contributed by atoms with Crippen LogP contribution in [0.5, 0.6) is 11.5 Å². The van der Waals surface area contributed by atoms with E-state index in [0.717, 1.165) is 36.3 Å². The van der Waals surface area contributed by atoms with Crippen LogP contribution in [0.4, 0.5) is 0 Å². The molecule has 2 aliphatic rings. The normalized spacial score (nSPS) is 23.4. The van der Waals surface area contributed by atoms with Crippen molar-refractivity contribution in [3.05, 3.63) is 23.8 Å². The van der Waals surface area contributed by atoms with Crippen molar-refractivity contribution in [2.24, 2.45) is 5.92 Å². The molecule has 1 aromatic rings. The molecule has 20 heavy (non-hydrogen) atoms. The fourth-order valence-electron chi connectivity index (χ4n) is 2.72. The number of rotatable bonds is 3. The van der Waals surface area contributed by atoms with E-state index in [9.17, 15) is 4.79 Å². The molecule has 1 atom stereocenters. The fourth-order valence-corrected chi connectivity index (χ4v) is 2.72. The Morgan fingerprint density at radius 3 is 2.80 bits per heavy atom. The lowest BCUT2D eigenvalue weighted by atomic mass is 9.89. The lowest BCUT2D eigenvalue weighted by molar-refractivity contribution is -0.123. The van der Waals surface area contributed by atoms with Crippen molar-refractivity contribution < 1.29 is 14.3 Å². The first-order valence-electron chi connectivity index (χ1n) is 7.16. The number of ether oxygens (including phenoxy) is 2. The number of fused-ring (bicyclic) bond motifs is 1. The van der Waals surface area contributed by atoms with Gasteiger partial charge in [0.05, 0.1) is 13.2 Å². The van der Waals surface area contributed by atoms with Gasteiger partial charge in [-0.3, -0.25) is 4.79 Å². The average Bonchev–Trinajstić information content (AvgIpc) is 3.20. The summed E-state index contributed by atoms with van der Waals surface area (Å²) in [5, 5.41) is 3.17. The van der Waals surface area contributed by atoms with Crippen LogP contribution in [-0.2, 0) is 4.79 Å². The molecule has 1 heterocycles. The van der Waals surface area contributed by atoms with Crippen LogP contribution in [0, 0.1) is 5.92 Å². The van der Waals surface area contributed by atoms with E-state index < -0.39 is 0 Å². The largest absolute Gasteiger partial charge is 0.497 e. The molecule has 0 unspecified atom stereocenters. The molecule has 0 saturated heterocycles. The Hall–Kier alpha value is -1.71. The average molecular weight is 275 g/mol. The molecule has 0 spiro atoms. The highest BCUT2D eigenvalue weighted by Gasteiger charge is 2.37. The molecule has 0 aromatic heterocycles. The zero-order chi connectivity index (χ0) is 14.3. The molecule has 1 aliphatic carbocycles. The second-order valence-corrected chi connectivity index (χ2v) is 6.31. The minimum atomic E-state index is -0.291. The van der Waals surface area contributed by atoms with Gasteiger partial charge in [-0.2, -0.15) is 0 Å². The van der Waals surface area contributed by atoms with Gasteiger partial charge in [-0.1, -0.05) is 0 Å². The van der Waals surface area contributed by atoms with Crippen molar-refractivity contribution in [2.45, 2.75) is 44.8 Å². The monoisotopic (exact) mass is 275 g/mol. The van der Waals surface area contributed by atoms with Gasteiger partial charge < -0.3 is 14.8 Å². The molecule has 1 fully saturated rings. The molecule has 1 N–H and O–H groups in total. The van der Waals surface area contributed by atoms with Gasteiger partial charge in [-0.15, -0.1) is 0 Å². The first kappa shape index (κ1) is 13.3. The molecule has 0 bridgehead atoms. The van der Waals surface area contributed by atoms with Crippen molar-refractivity contribution in [3.63, 3.8) is 0 Å². The molecule has 1 amide bonds. The summed E-state index contributed by atoms with van der Waals surface area (Å²) in [6.07, 6.45) is 2.83. The van der Waals surface area contributed by atoms with Crippen molar-refractivity contribution >= 4 is 5.91 Å². The summed E-state index contributed by atoms with van der Waals surface area (Å²) in [6, 6.07) is 5.82. The molecular weight excluding hydrogens is 254 g/mol. The summed E-state index contributed by atoms with van der Waals surface area (Å²) in [6.45, 7) is 4.09. The van der Waals surface area contributed by atoms with E-state index in [0.29, 0.717) is 0 Å². The highest BCUT2D eigenvalue weighted by molar-refractivity contribution is 5.81. The lowest BCUT2D eigenvalue weighted by Gasteiger charge is -2.38. The SMILES string of the molecule is COc1ccc2c(c1)OC(C)(C)C[C@H]2NC(=O)C1CC1. The Morgan fingerprint density at radius 1 is 1.40 bits per heavy atom. The number of carbonyl (C=O) groups excluding carboxylic acids is 1. The van der Waals surface area contributed by atoms with Crippen LogP contribution in [0.15, 0.2) is 18.2 Å². The highest BCUT2D eigenvalue weighted by Crippen LogP contribution is 2.42. The Morgan fingerprint density at radius 2 is 2.15 bits per heavy atom. The third-order valence-corrected chi connectivity index (χ3v) is 3.94. The minimum absolute atomic E-state index is 0.0211. The molecule has 4 nitrogen and oxygen atoms in total. The van der Waals surface area contributed by atoms with Gasteiger partial charge in [-0.25, -0.2) is 0 Å². The maximum absolute atomic E-state index is 12.0. The molecule has 1 saturated carbocycles. The predicted octanol–water partition coefficient (Wildman–Crippen LogP) is 2.82. The van der Waals surface area contributed by atoms with E-state index >= 15 is 0 Å². The van der Waals surface area contributed by atoms with Gasteiger partial charge in [0.25, 0.3) is 0 Å². The number of methoxy groups -OCH3 is 1. The number of hydrogen-bond donors (Lipinski definition) is 1. The summed E-state index contributed by atoms with van der Waals surface area (Å²) in [5.41, 5.74) is 0.750. The van der Waals surface area contributed by atoms with Crippen LogP contribution in [0.25, 0.3) is 0 Å². The quantitative estimate of drug-likeness (QED) is 0.922. The predicted molar refractivity (Wildman–Crippen MR) is 75.9 cm³/mol. The highest BCUT2D eigenvalue weighted by atomic mass is 16.5. The maximum Gasteiger partial charge on any atom is 0.223 e. The number of nitrogens with one attached hydrogen (secondary N) is 1. The second-order valence-electron chi connectivity index (χ2n) is 6.31. The van der Waals surface area contributed by atoms with Crippen molar-refractivity contribution in [1.29, 1.82) is 0 Å². The van der Waals surface area contributed by atoms with Gasteiger partial charge in [0.15, 0.2) is 0 Å². The molecule has 3 rings (SSSR count). The van der Waals surface area contributed by atoms with Crippen LogP contribution in [0.3, 0.4) is 0 Å². The Kier molecular flexibility index (Phi) is 3.11. The molecule has 4 heteroatoms. The van der Waals surface area contributed by atoms with Crippen molar-refractivity contribution in [2.75, 3.05) is 7.11 Å². The van der Waals surface area contributed by atoms with Crippen LogP contribution in [0.1, 0.15) is 44.7 Å². The van der Waals surface area contributed by atoms with Crippen molar-refractivity contribution in [1.82, 2.24) is 5.32 Å². The summed E-state index contributed by atoms with van der Waals surface area (Å²) in [7, 11) is 1.64. The van der Waals surface area contributed by atoms with Crippen LogP contribution in [-0.4, -0.2) is 18.6 Å². The number of hydrogen-bond acceptors (Lipinski definition) is 3. The van der Waals surface area contributed by atoms with Gasteiger partial charge >= 0.3 is 0 Å². The van der Waals surface area contributed by atoms with E-state index in [1.54, 1.807) is 7.11 Å². The lowest BCUT2D eigenvalue weighted by Crippen LogP contribution is -2.41. The van der Waals surface area contributed by atoms with E-state index in [2.05, 4.69) is 5.32 Å². The number of carbonyl (C=O) groups is 1. The van der Waals surface area contributed by atoms with E-state index in [-0.39, 0.29) is 23.5 Å². The third kappa shape index (κ3) is 2.60. The summed E-state index contributed by atoms with van der Waals surface area (Å²) in [4.78, 5) is 12.0. The Bertz CT molecular complexity index is 535. The van der Waals surface area contributed by atoms with Crippen LogP contribution < -0.4 is 14.8 Å². The second kappa shape index (κ2) is 4.69. The molecule has 1 aliphatic heterocycles. The van der Waals surface area contributed by atoms with Crippen LogP contribution in [0.2, 0.25) is 0 Å². The van der Waals surface area contributed by atoms with E-state index in [4.69, 9.17) is 9.47 Å². The Balaban J connectivity index is 1.88. The topological polar surface area (TPSA) is 47.6 Å². The van der Waals surface area contributed by atoms with Gasteiger partial charge in [-0.05, 0) is 38.8 Å². The smallest absolute Gasteiger partial charge is 0.223 e. The first-order chi connectivity index (χ1) is 9.48. The van der Waals surface area contributed by atoms with Gasteiger partial charge in [0.1, 0.15) is 17.1 Å². The summed E-state index contributed by atoms with van der Waals surface area (Å²) in [5.74, 6) is 1.98. The number of benzene rings is 1. The van der Waals surface area contributed by atoms with Crippen LogP contribution >= 0.6 is 0 Å². The fraction of sp³-hybridized carbons (Fsp3) is 0.562. The number of amides is 1. The Labute approximate surface area is 119 Å². The standard InChI is InChI=1S/C16H21NO3/c1-16(2)9-13(17-15(18)10-4-5-10)12-7-6-11(19-3)8-14(12)20-16/h6-8,10,13H,4-5,9H2,1-3H3,(H,17,18)/t13-/m1/s1. The first-order valence-corrected chi connectivity index (χ1v) is 7.16. The molecule has 1 aromatic carbocycles. The summed E-state index contributed by atoms with van der Waals surface area (Å²) >= 11 is 0. The van der Waals surface area contributed by atoms with Gasteiger partial charge in [0.2, 0.25) is 5.91 Å². The molecular formula is C16H21NO3. The zero-order valence-corrected chi connectivity index (χ0v) is 12.2. The molecule has 0 radical (unpaired) electrons. The third-order valence-electron chi connectivity index (χ3n) is 3.94.